The monoisotopic (exact) mass is 457 g/mol. The van der Waals surface area contributed by atoms with E-state index in [-0.39, 0.29) is 34.7 Å². The van der Waals surface area contributed by atoms with Crippen molar-refractivity contribution in [2.75, 3.05) is 37.4 Å². The van der Waals surface area contributed by atoms with Gasteiger partial charge in [-0.3, -0.25) is 4.79 Å². The van der Waals surface area contributed by atoms with E-state index >= 15 is 0 Å². The Morgan fingerprint density at radius 2 is 2.07 bits per heavy atom. The minimum atomic E-state index is -3.76. The lowest BCUT2D eigenvalue weighted by atomic mass is 10.3. The number of rotatable bonds is 7. The molecule has 1 saturated heterocycles. The summed E-state index contributed by atoms with van der Waals surface area (Å²) in [6.07, 6.45) is 3.88. The summed E-state index contributed by atoms with van der Waals surface area (Å²) in [5.74, 6) is -0.128. The first-order valence-electron chi connectivity index (χ1n) is 9.15. The Hall–Kier alpha value is -1.66. The van der Waals surface area contributed by atoms with Gasteiger partial charge in [-0.15, -0.1) is 10.2 Å². The number of thioether (sulfide) groups is 1. The SMILES string of the molecule is O=C(CSc1nncn1C1CC1)Nc1ccc(Cl)c(S(=O)(=O)N2CCOCC2)c1. The molecule has 9 nitrogen and oxygen atoms in total. The molecule has 4 rings (SSSR count). The highest BCUT2D eigenvalue weighted by Crippen LogP contribution is 2.37. The summed E-state index contributed by atoms with van der Waals surface area (Å²) >= 11 is 7.44. The highest BCUT2D eigenvalue weighted by Gasteiger charge is 2.29. The largest absolute Gasteiger partial charge is 0.379 e. The highest BCUT2D eigenvalue weighted by molar-refractivity contribution is 7.99. The molecule has 1 aromatic carbocycles. The van der Waals surface area contributed by atoms with Crippen molar-refractivity contribution in [3.8, 4) is 0 Å². The van der Waals surface area contributed by atoms with Gasteiger partial charge < -0.3 is 14.6 Å². The molecule has 2 heterocycles. The van der Waals surface area contributed by atoms with Crippen molar-refractivity contribution in [1.29, 1.82) is 0 Å². The van der Waals surface area contributed by atoms with Gasteiger partial charge in [-0.05, 0) is 31.0 Å². The molecule has 1 N–H and O–H groups in total. The predicted molar refractivity (Wildman–Crippen MR) is 109 cm³/mol. The summed E-state index contributed by atoms with van der Waals surface area (Å²) in [6.45, 7) is 1.23. The van der Waals surface area contributed by atoms with Gasteiger partial charge in [0.15, 0.2) is 5.16 Å². The Kier molecular flexibility index (Phi) is 6.11. The number of carbonyl (C=O) groups excluding carboxylic acids is 1. The van der Waals surface area contributed by atoms with E-state index in [4.69, 9.17) is 16.3 Å². The highest BCUT2D eigenvalue weighted by atomic mass is 35.5. The zero-order valence-corrected chi connectivity index (χ0v) is 17.8. The lowest BCUT2D eigenvalue weighted by Crippen LogP contribution is -2.40. The van der Waals surface area contributed by atoms with Crippen LogP contribution in [0.2, 0.25) is 5.02 Å². The molecule has 2 aliphatic rings. The van der Waals surface area contributed by atoms with Gasteiger partial charge in [0.25, 0.3) is 0 Å². The molecular weight excluding hydrogens is 438 g/mol. The second kappa shape index (κ2) is 8.60. The number of hydrogen-bond donors (Lipinski definition) is 1. The number of halogens is 1. The summed E-state index contributed by atoms with van der Waals surface area (Å²) in [4.78, 5) is 12.3. The van der Waals surface area contributed by atoms with E-state index < -0.39 is 10.0 Å². The van der Waals surface area contributed by atoms with Gasteiger partial charge in [-0.25, -0.2) is 8.42 Å². The number of sulfonamides is 1. The molecule has 1 aliphatic carbocycles. The van der Waals surface area contributed by atoms with Gasteiger partial charge in [-0.2, -0.15) is 4.31 Å². The second-order valence-electron chi connectivity index (χ2n) is 6.75. The van der Waals surface area contributed by atoms with Gasteiger partial charge in [-0.1, -0.05) is 23.4 Å². The van der Waals surface area contributed by atoms with Crippen LogP contribution in [0.3, 0.4) is 0 Å². The quantitative estimate of drug-likeness (QED) is 0.634. The topological polar surface area (TPSA) is 106 Å². The normalized spacial score (nSPS) is 18.0. The fourth-order valence-corrected chi connectivity index (χ4v) is 5.66. The smallest absolute Gasteiger partial charge is 0.244 e. The third kappa shape index (κ3) is 4.75. The lowest BCUT2D eigenvalue weighted by molar-refractivity contribution is -0.113. The molecule has 29 heavy (non-hydrogen) atoms. The maximum atomic E-state index is 12.9. The van der Waals surface area contributed by atoms with Crippen molar-refractivity contribution in [2.24, 2.45) is 0 Å². The Morgan fingerprint density at radius 1 is 1.31 bits per heavy atom. The molecular formula is C17H20ClN5O4S2. The molecule has 12 heteroatoms. The van der Waals surface area contributed by atoms with Crippen LogP contribution in [0.5, 0.6) is 0 Å². The van der Waals surface area contributed by atoms with Crippen molar-refractivity contribution >= 4 is 45.0 Å². The number of hydrogen-bond acceptors (Lipinski definition) is 7. The minimum absolute atomic E-state index is 0.0278. The Balaban J connectivity index is 1.43. The maximum absolute atomic E-state index is 12.9. The van der Waals surface area contributed by atoms with Crippen molar-refractivity contribution in [2.45, 2.75) is 28.9 Å². The number of morpholine rings is 1. The van der Waals surface area contributed by atoms with Gasteiger partial charge >= 0.3 is 0 Å². The number of anilines is 1. The van der Waals surface area contributed by atoms with Crippen molar-refractivity contribution in [3.05, 3.63) is 29.5 Å². The van der Waals surface area contributed by atoms with Crippen LogP contribution in [0.25, 0.3) is 0 Å². The lowest BCUT2D eigenvalue weighted by Gasteiger charge is -2.26. The third-order valence-electron chi connectivity index (χ3n) is 4.62. The second-order valence-corrected chi connectivity index (χ2v) is 10.0. The average Bonchev–Trinajstić information content (AvgIpc) is 3.46. The molecule has 1 aliphatic heterocycles. The first-order valence-corrected chi connectivity index (χ1v) is 11.9. The van der Waals surface area contributed by atoms with E-state index in [1.165, 1.54) is 28.2 Å². The number of benzene rings is 1. The molecule has 2 aromatic rings. The van der Waals surface area contributed by atoms with Crippen LogP contribution >= 0.6 is 23.4 Å². The summed E-state index contributed by atoms with van der Waals surface area (Å²) in [5.41, 5.74) is 0.371. The van der Waals surface area contributed by atoms with E-state index in [0.717, 1.165) is 12.8 Å². The molecule has 0 radical (unpaired) electrons. The molecule has 0 atom stereocenters. The van der Waals surface area contributed by atoms with Gasteiger partial charge in [0, 0.05) is 24.8 Å². The van der Waals surface area contributed by atoms with Crippen LogP contribution in [0.1, 0.15) is 18.9 Å². The summed E-state index contributed by atoms with van der Waals surface area (Å²) in [6, 6.07) is 4.87. The predicted octanol–water partition coefficient (Wildman–Crippen LogP) is 2.02. The zero-order chi connectivity index (χ0) is 20.4. The molecule has 0 unspecified atom stereocenters. The van der Waals surface area contributed by atoms with Crippen molar-refractivity contribution < 1.29 is 17.9 Å². The van der Waals surface area contributed by atoms with Crippen LogP contribution in [0, 0.1) is 0 Å². The first kappa shape index (κ1) is 20.6. The number of nitrogens with one attached hydrogen (secondary N) is 1. The molecule has 2 fully saturated rings. The summed E-state index contributed by atoms with van der Waals surface area (Å²) in [7, 11) is -3.76. The third-order valence-corrected chi connectivity index (χ3v) is 7.95. The summed E-state index contributed by atoms with van der Waals surface area (Å²) < 4.78 is 34.3. The van der Waals surface area contributed by atoms with Crippen molar-refractivity contribution in [1.82, 2.24) is 19.1 Å². The van der Waals surface area contributed by atoms with Crippen LogP contribution in [0.4, 0.5) is 5.69 Å². The number of aromatic nitrogens is 3. The summed E-state index contributed by atoms with van der Waals surface area (Å²) in [5, 5.41) is 11.5. The number of amides is 1. The molecule has 1 saturated carbocycles. The molecule has 1 amide bonds. The van der Waals surface area contributed by atoms with E-state index in [1.54, 1.807) is 12.4 Å². The first-order chi connectivity index (χ1) is 13.9. The Bertz CT molecular complexity index is 1000. The number of carbonyl (C=O) groups is 1. The maximum Gasteiger partial charge on any atom is 0.244 e. The fourth-order valence-electron chi connectivity index (χ4n) is 2.97. The van der Waals surface area contributed by atoms with Crippen LogP contribution < -0.4 is 5.32 Å². The molecule has 0 bridgehead atoms. The fraction of sp³-hybridized carbons (Fsp3) is 0.471. The molecule has 1 aromatic heterocycles. The average molecular weight is 458 g/mol. The van der Waals surface area contributed by atoms with Crippen LogP contribution in [-0.2, 0) is 19.6 Å². The Morgan fingerprint density at radius 3 is 2.79 bits per heavy atom. The van der Waals surface area contributed by atoms with Gasteiger partial charge in [0.05, 0.1) is 24.0 Å². The van der Waals surface area contributed by atoms with Gasteiger partial charge in [0.2, 0.25) is 15.9 Å². The molecule has 0 spiro atoms. The molecule has 156 valence electrons. The number of nitrogens with zero attached hydrogens (tertiary/aromatic N) is 4. The number of ether oxygens (including phenoxy) is 1. The zero-order valence-electron chi connectivity index (χ0n) is 15.5. The van der Waals surface area contributed by atoms with Crippen molar-refractivity contribution in [3.63, 3.8) is 0 Å². The van der Waals surface area contributed by atoms with Crippen LogP contribution in [0.15, 0.2) is 34.6 Å². The standard InChI is InChI=1S/C17H20ClN5O4S2/c18-14-4-1-12(9-15(14)29(25,26)22-5-7-27-8-6-22)20-16(24)10-28-17-21-19-11-23(17)13-2-3-13/h1,4,9,11,13H,2-3,5-8,10H2,(H,20,24). The Labute approximate surface area is 177 Å². The van der Waals surface area contributed by atoms with Gasteiger partial charge in [0.1, 0.15) is 11.2 Å². The van der Waals surface area contributed by atoms with E-state index in [1.807, 2.05) is 4.57 Å². The van der Waals surface area contributed by atoms with E-state index in [2.05, 4.69) is 15.5 Å². The minimum Gasteiger partial charge on any atom is -0.379 e. The van der Waals surface area contributed by atoms with Crippen LogP contribution in [-0.4, -0.2) is 65.5 Å². The van der Waals surface area contributed by atoms with E-state index in [0.29, 0.717) is 30.1 Å². The van der Waals surface area contributed by atoms with E-state index in [9.17, 15) is 13.2 Å².